The van der Waals surface area contributed by atoms with Gasteiger partial charge in [-0.05, 0) is 30.7 Å². The van der Waals surface area contributed by atoms with Gasteiger partial charge < -0.3 is 14.8 Å². The molecule has 3 rings (SSSR count). The van der Waals surface area contributed by atoms with Gasteiger partial charge in [-0.2, -0.15) is 0 Å². The molecule has 5 nitrogen and oxygen atoms in total. The number of hydrogen-bond donors (Lipinski definition) is 1. The molecule has 0 spiro atoms. The molecular formula is C17H27BrClN3O2. The molecule has 1 aromatic rings. The van der Waals surface area contributed by atoms with Gasteiger partial charge in [0.05, 0.1) is 14.2 Å². The van der Waals surface area contributed by atoms with Crippen LogP contribution in [0.3, 0.4) is 0 Å². The van der Waals surface area contributed by atoms with Gasteiger partial charge in [-0.3, -0.25) is 9.80 Å². The van der Waals surface area contributed by atoms with E-state index in [4.69, 9.17) is 9.47 Å². The lowest BCUT2D eigenvalue weighted by Crippen LogP contribution is -2.50. The maximum absolute atomic E-state index is 5.43. The second kappa shape index (κ2) is 9.25. The maximum atomic E-state index is 5.43. The molecule has 0 saturated carbocycles. The first-order valence-electron chi connectivity index (χ1n) is 8.28. The first kappa shape index (κ1) is 19.8. The highest BCUT2D eigenvalue weighted by Gasteiger charge is 2.26. The van der Waals surface area contributed by atoms with Crippen LogP contribution < -0.4 is 14.8 Å². The zero-order chi connectivity index (χ0) is 16.2. The van der Waals surface area contributed by atoms with E-state index in [1.54, 1.807) is 14.2 Å². The fraction of sp³-hybridized carbons (Fsp3) is 0.647. The summed E-state index contributed by atoms with van der Waals surface area (Å²) in [4.78, 5) is 5.16. The van der Waals surface area contributed by atoms with Gasteiger partial charge in [-0.1, -0.05) is 15.9 Å². The fourth-order valence-electron chi connectivity index (χ4n) is 3.50. The molecule has 0 aromatic heterocycles. The SMILES string of the molecule is COc1cc(Br)c(CN2CCN(C3CCNC3)CC2)cc1OC.Cl. The van der Waals surface area contributed by atoms with Crippen LogP contribution in [0.1, 0.15) is 12.0 Å². The van der Waals surface area contributed by atoms with E-state index in [2.05, 4.69) is 37.1 Å². The van der Waals surface area contributed by atoms with Crippen LogP contribution in [-0.2, 0) is 6.54 Å². The summed E-state index contributed by atoms with van der Waals surface area (Å²) in [7, 11) is 3.35. The van der Waals surface area contributed by atoms with Crippen LogP contribution in [-0.4, -0.2) is 69.3 Å². The number of benzene rings is 1. The van der Waals surface area contributed by atoms with Gasteiger partial charge in [-0.25, -0.2) is 0 Å². The third-order valence-electron chi connectivity index (χ3n) is 4.90. The van der Waals surface area contributed by atoms with Gasteiger partial charge in [-0.15, -0.1) is 12.4 Å². The number of halogens is 2. The molecule has 136 valence electrons. The lowest BCUT2D eigenvalue weighted by molar-refractivity contribution is 0.0979. The first-order chi connectivity index (χ1) is 11.2. The Bertz CT molecular complexity index is 533. The molecule has 0 amide bonds. The molecule has 7 heteroatoms. The van der Waals surface area contributed by atoms with E-state index < -0.39 is 0 Å². The maximum Gasteiger partial charge on any atom is 0.161 e. The normalized spacial score (nSPS) is 22.2. The Morgan fingerprint density at radius 1 is 1.12 bits per heavy atom. The van der Waals surface area contributed by atoms with Crippen molar-refractivity contribution in [1.29, 1.82) is 0 Å². The van der Waals surface area contributed by atoms with Crippen LogP contribution in [0.5, 0.6) is 11.5 Å². The molecule has 24 heavy (non-hydrogen) atoms. The van der Waals surface area contributed by atoms with Gasteiger partial charge in [0.2, 0.25) is 0 Å². The summed E-state index contributed by atoms with van der Waals surface area (Å²) in [5.41, 5.74) is 1.25. The van der Waals surface area contributed by atoms with Crippen molar-refractivity contribution >= 4 is 28.3 Å². The summed E-state index contributed by atoms with van der Waals surface area (Å²) >= 11 is 3.66. The summed E-state index contributed by atoms with van der Waals surface area (Å²) in [6.45, 7) is 7.84. The average Bonchev–Trinajstić information content (AvgIpc) is 3.11. The highest BCUT2D eigenvalue weighted by atomic mass is 79.9. The summed E-state index contributed by atoms with van der Waals surface area (Å²) in [5, 5.41) is 3.46. The highest BCUT2D eigenvalue weighted by molar-refractivity contribution is 9.10. The smallest absolute Gasteiger partial charge is 0.161 e. The van der Waals surface area contributed by atoms with Crippen molar-refractivity contribution in [2.24, 2.45) is 0 Å². The molecule has 1 N–H and O–H groups in total. The predicted molar refractivity (Wildman–Crippen MR) is 103 cm³/mol. The summed E-state index contributed by atoms with van der Waals surface area (Å²) < 4.78 is 11.9. The van der Waals surface area contributed by atoms with Gasteiger partial charge in [0.1, 0.15) is 0 Å². The Morgan fingerprint density at radius 3 is 2.38 bits per heavy atom. The second-order valence-electron chi connectivity index (χ2n) is 6.26. The third-order valence-corrected chi connectivity index (χ3v) is 5.64. The lowest BCUT2D eigenvalue weighted by Gasteiger charge is -2.38. The second-order valence-corrected chi connectivity index (χ2v) is 7.11. The van der Waals surface area contributed by atoms with Gasteiger partial charge >= 0.3 is 0 Å². The van der Waals surface area contributed by atoms with Crippen LogP contribution in [0, 0.1) is 0 Å². The van der Waals surface area contributed by atoms with Crippen LogP contribution in [0.4, 0.5) is 0 Å². The Kier molecular flexibility index (Phi) is 7.62. The van der Waals surface area contributed by atoms with Crippen LogP contribution in [0.25, 0.3) is 0 Å². The van der Waals surface area contributed by atoms with E-state index in [-0.39, 0.29) is 12.4 Å². The van der Waals surface area contributed by atoms with Gasteiger partial charge in [0.15, 0.2) is 11.5 Å². The van der Waals surface area contributed by atoms with E-state index in [1.165, 1.54) is 18.5 Å². The van der Waals surface area contributed by atoms with E-state index in [0.29, 0.717) is 0 Å². The molecule has 0 aliphatic carbocycles. The Morgan fingerprint density at radius 2 is 1.79 bits per heavy atom. The van der Waals surface area contributed by atoms with Crippen molar-refractivity contribution in [1.82, 2.24) is 15.1 Å². The number of nitrogens with zero attached hydrogens (tertiary/aromatic N) is 2. The molecule has 2 heterocycles. The average molecular weight is 421 g/mol. The molecule has 1 atom stereocenters. The van der Waals surface area contributed by atoms with Gasteiger partial charge in [0, 0.05) is 49.8 Å². The zero-order valence-corrected chi connectivity index (χ0v) is 16.8. The fourth-order valence-corrected chi connectivity index (χ4v) is 3.94. The molecule has 0 bridgehead atoms. The topological polar surface area (TPSA) is 37.0 Å². The Balaban J connectivity index is 0.00000208. The molecule has 2 aliphatic rings. The summed E-state index contributed by atoms with van der Waals surface area (Å²) in [6.07, 6.45) is 1.29. The predicted octanol–water partition coefficient (Wildman–Crippen LogP) is 2.37. The van der Waals surface area contributed by atoms with Crippen LogP contribution in [0.15, 0.2) is 16.6 Å². The molecule has 2 saturated heterocycles. The number of methoxy groups -OCH3 is 2. The molecular weight excluding hydrogens is 394 g/mol. The van der Waals surface area contributed by atoms with Gasteiger partial charge in [0.25, 0.3) is 0 Å². The molecule has 1 aromatic carbocycles. The van der Waals surface area contributed by atoms with Crippen molar-refractivity contribution in [3.05, 3.63) is 22.2 Å². The molecule has 2 aliphatic heterocycles. The number of piperazine rings is 1. The molecule has 1 unspecified atom stereocenters. The summed E-state index contributed by atoms with van der Waals surface area (Å²) in [5.74, 6) is 1.56. The van der Waals surface area contributed by atoms with Crippen LogP contribution in [0.2, 0.25) is 0 Å². The minimum Gasteiger partial charge on any atom is -0.493 e. The van der Waals surface area contributed by atoms with E-state index >= 15 is 0 Å². The number of hydrogen-bond acceptors (Lipinski definition) is 5. The minimum absolute atomic E-state index is 0. The van der Waals surface area contributed by atoms with Crippen LogP contribution >= 0.6 is 28.3 Å². The van der Waals surface area contributed by atoms with E-state index in [1.807, 2.05) is 6.07 Å². The standard InChI is InChI=1S/C17H26BrN3O2.ClH/c1-22-16-9-13(15(18)10-17(16)23-2)12-20-5-7-21(8-6-20)14-3-4-19-11-14;/h9-10,14,19H,3-8,11-12H2,1-2H3;1H. The van der Waals surface area contributed by atoms with Crippen molar-refractivity contribution in [3.63, 3.8) is 0 Å². The zero-order valence-electron chi connectivity index (χ0n) is 14.4. The molecule has 0 radical (unpaired) electrons. The summed E-state index contributed by atoms with van der Waals surface area (Å²) in [6, 6.07) is 4.81. The lowest BCUT2D eigenvalue weighted by atomic mass is 10.1. The van der Waals surface area contributed by atoms with E-state index in [0.717, 1.165) is 61.3 Å². The molecule has 2 fully saturated rings. The number of ether oxygens (including phenoxy) is 2. The van der Waals surface area contributed by atoms with Crippen molar-refractivity contribution < 1.29 is 9.47 Å². The first-order valence-corrected chi connectivity index (χ1v) is 9.08. The quantitative estimate of drug-likeness (QED) is 0.791. The number of rotatable bonds is 5. The van der Waals surface area contributed by atoms with E-state index in [9.17, 15) is 0 Å². The van der Waals surface area contributed by atoms with Crippen molar-refractivity contribution in [3.8, 4) is 11.5 Å². The van der Waals surface area contributed by atoms with Crippen molar-refractivity contribution in [2.75, 3.05) is 53.5 Å². The largest absolute Gasteiger partial charge is 0.493 e. The Hall–Kier alpha value is -0.530. The minimum atomic E-state index is 0. The number of nitrogens with one attached hydrogen (secondary N) is 1. The third kappa shape index (κ3) is 4.55. The monoisotopic (exact) mass is 419 g/mol. The van der Waals surface area contributed by atoms with Crippen molar-refractivity contribution in [2.45, 2.75) is 19.0 Å². The highest BCUT2D eigenvalue weighted by Crippen LogP contribution is 2.34. The Labute approximate surface area is 159 Å².